The molecule has 2 aromatic carbocycles. The van der Waals surface area contributed by atoms with Crippen molar-refractivity contribution >= 4 is 46.6 Å². The molecule has 8 nitrogen and oxygen atoms in total. The molecule has 1 aliphatic rings. The van der Waals surface area contributed by atoms with Crippen LogP contribution in [0.1, 0.15) is 33.1 Å². The molecule has 3 aromatic rings. The van der Waals surface area contributed by atoms with E-state index < -0.39 is 0 Å². The van der Waals surface area contributed by atoms with E-state index in [-0.39, 0.29) is 17.9 Å². The monoisotopic (exact) mass is 492 g/mol. The minimum atomic E-state index is -0.183. The molecule has 0 aliphatic carbocycles. The Balaban J connectivity index is 1.55. The largest absolute Gasteiger partial charge is 0.350 e. The number of nitrogens with one attached hydrogen (secondary N) is 3. The quantitative estimate of drug-likeness (QED) is 0.413. The number of aromatic nitrogens is 2. The predicted octanol–water partition coefficient (Wildman–Crippen LogP) is 5.31. The molecule has 0 saturated carbocycles. The maximum absolute atomic E-state index is 12.1. The molecule has 3 N–H and O–H groups in total. The van der Waals surface area contributed by atoms with Gasteiger partial charge in [-0.05, 0) is 36.1 Å². The van der Waals surface area contributed by atoms with Gasteiger partial charge in [0.1, 0.15) is 5.02 Å². The lowest BCUT2D eigenvalue weighted by atomic mass is 10.0. The van der Waals surface area contributed by atoms with Crippen LogP contribution in [0.3, 0.4) is 0 Å². The van der Waals surface area contributed by atoms with Crippen molar-refractivity contribution in [3.05, 3.63) is 59.8 Å². The molecule has 2 amide bonds. The van der Waals surface area contributed by atoms with Crippen molar-refractivity contribution < 1.29 is 9.59 Å². The van der Waals surface area contributed by atoms with Gasteiger partial charge in [-0.25, -0.2) is 4.98 Å². The number of likely N-dealkylation sites (tertiary alicyclic amines) is 1. The zero-order chi connectivity index (χ0) is 24.8. The molecule has 0 spiro atoms. The summed E-state index contributed by atoms with van der Waals surface area (Å²) in [5.74, 6) is 0.813. The van der Waals surface area contributed by atoms with E-state index >= 15 is 0 Å². The van der Waals surface area contributed by atoms with Gasteiger partial charge in [-0.3, -0.25) is 9.59 Å². The van der Waals surface area contributed by atoms with Gasteiger partial charge >= 0.3 is 0 Å². The first-order valence-corrected chi connectivity index (χ1v) is 12.1. The number of halogens is 1. The van der Waals surface area contributed by atoms with Crippen LogP contribution < -0.4 is 16.0 Å². The molecule has 1 aromatic heterocycles. The van der Waals surface area contributed by atoms with E-state index in [4.69, 9.17) is 11.6 Å². The number of hydrogen-bond donors (Lipinski definition) is 3. The Morgan fingerprint density at radius 3 is 2.66 bits per heavy atom. The summed E-state index contributed by atoms with van der Waals surface area (Å²) < 4.78 is 0. The van der Waals surface area contributed by atoms with Crippen LogP contribution in [0.15, 0.2) is 54.7 Å². The molecular formula is C26H29ClN6O2. The molecule has 0 bridgehead atoms. The molecule has 0 unspecified atom stereocenters. The Labute approximate surface area is 210 Å². The van der Waals surface area contributed by atoms with Gasteiger partial charge < -0.3 is 20.9 Å². The fourth-order valence-electron chi connectivity index (χ4n) is 4.14. The van der Waals surface area contributed by atoms with Crippen LogP contribution in [0.25, 0.3) is 11.1 Å². The highest BCUT2D eigenvalue weighted by atomic mass is 35.5. The van der Waals surface area contributed by atoms with Crippen LogP contribution in [0.5, 0.6) is 0 Å². The zero-order valence-corrected chi connectivity index (χ0v) is 20.6. The number of anilines is 4. The van der Waals surface area contributed by atoms with Crippen molar-refractivity contribution in [1.29, 1.82) is 0 Å². The lowest BCUT2D eigenvalue weighted by Crippen LogP contribution is -2.45. The molecule has 182 valence electrons. The second-order valence-electron chi connectivity index (χ2n) is 8.50. The predicted molar refractivity (Wildman–Crippen MR) is 140 cm³/mol. The second-order valence-corrected chi connectivity index (χ2v) is 8.91. The van der Waals surface area contributed by atoms with Gasteiger partial charge in [-0.2, -0.15) is 4.98 Å². The number of piperidine rings is 1. The van der Waals surface area contributed by atoms with Crippen LogP contribution >= 0.6 is 11.6 Å². The van der Waals surface area contributed by atoms with E-state index in [2.05, 4.69) is 25.9 Å². The summed E-state index contributed by atoms with van der Waals surface area (Å²) in [7, 11) is 0. The van der Waals surface area contributed by atoms with Crippen LogP contribution in [0.4, 0.5) is 23.1 Å². The first kappa shape index (κ1) is 24.5. The minimum absolute atomic E-state index is 0.0633. The molecule has 2 heterocycles. The summed E-state index contributed by atoms with van der Waals surface area (Å²) in [5.41, 5.74) is 3.28. The first-order valence-electron chi connectivity index (χ1n) is 11.7. The third-order valence-electron chi connectivity index (χ3n) is 5.84. The van der Waals surface area contributed by atoms with Crippen LogP contribution in [-0.2, 0) is 9.59 Å². The number of rotatable bonds is 7. The van der Waals surface area contributed by atoms with Crippen molar-refractivity contribution in [3.8, 4) is 11.1 Å². The van der Waals surface area contributed by atoms with E-state index in [1.54, 1.807) is 0 Å². The van der Waals surface area contributed by atoms with Gasteiger partial charge in [0.25, 0.3) is 0 Å². The van der Waals surface area contributed by atoms with E-state index in [1.165, 1.54) is 13.1 Å². The summed E-state index contributed by atoms with van der Waals surface area (Å²) in [6, 6.07) is 15.8. The lowest BCUT2D eigenvalue weighted by Gasteiger charge is -2.33. The third kappa shape index (κ3) is 6.27. The normalized spacial score (nSPS) is 15.4. The van der Waals surface area contributed by atoms with Crippen LogP contribution in [-0.4, -0.2) is 45.8 Å². The maximum atomic E-state index is 12.1. The second kappa shape index (κ2) is 11.2. The molecule has 1 atom stereocenters. The Morgan fingerprint density at radius 1 is 1.11 bits per heavy atom. The van der Waals surface area contributed by atoms with Crippen LogP contribution in [0.2, 0.25) is 5.02 Å². The number of carbonyl (C=O) groups is 2. The van der Waals surface area contributed by atoms with E-state index in [0.29, 0.717) is 41.1 Å². The smallest absolute Gasteiger partial charge is 0.224 e. The fraction of sp³-hybridized carbons (Fsp3) is 0.308. The lowest BCUT2D eigenvalue weighted by molar-refractivity contribution is -0.131. The Bertz CT molecular complexity index is 1200. The van der Waals surface area contributed by atoms with Gasteiger partial charge in [-0.1, -0.05) is 54.9 Å². The number of hydrogen-bond acceptors (Lipinski definition) is 6. The number of amides is 2. The minimum Gasteiger partial charge on any atom is -0.350 e. The maximum Gasteiger partial charge on any atom is 0.224 e. The average Bonchev–Trinajstić information content (AvgIpc) is 2.87. The van der Waals surface area contributed by atoms with E-state index in [0.717, 1.165) is 30.5 Å². The number of benzene rings is 2. The molecule has 4 rings (SSSR count). The van der Waals surface area contributed by atoms with Gasteiger partial charge in [0.05, 0.1) is 17.6 Å². The molecule has 1 saturated heterocycles. The van der Waals surface area contributed by atoms with Gasteiger partial charge in [0.15, 0.2) is 5.82 Å². The first-order chi connectivity index (χ1) is 16.9. The van der Waals surface area contributed by atoms with E-state index in [9.17, 15) is 9.59 Å². The number of nitrogens with zero attached hydrogens (tertiary/aromatic N) is 3. The fourth-order valence-corrected chi connectivity index (χ4v) is 4.27. The van der Waals surface area contributed by atoms with Crippen LogP contribution in [0, 0.1) is 0 Å². The van der Waals surface area contributed by atoms with Crippen molar-refractivity contribution in [2.75, 3.05) is 29.0 Å². The molecule has 1 fully saturated rings. The van der Waals surface area contributed by atoms with Crippen molar-refractivity contribution in [3.63, 3.8) is 0 Å². The summed E-state index contributed by atoms with van der Waals surface area (Å²) in [6.07, 6.45) is 3.89. The Morgan fingerprint density at radius 2 is 1.91 bits per heavy atom. The summed E-state index contributed by atoms with van der Waals surface area (Å²) in [6.45, 7) is 4.75. The van der Waals surface area contributed by atoms with Crippen molar-refractivity contribution in [2.24, 2.45) is 0 Å². The topological polar surface area (TPSA) is 99.3 Å². The number of carbonyl (C=O) groups excluding carboxylic acids is 2. The van der Waals surface area contributed by atoms with Crippen molar-refractivity contribution in [1.82, 2.24) is 14.9 Å². The summed E-state index contributed by atoms with van der Waals surface area (Å²) >= 11 is 6.40. The summed E-state index contributed by atoms with van der Waals surface area (Å²) in [5, 5.41) is 9.81. The summed E-state index contributed by atoms with van der Waals surface area (Å²) in [4.78, 5) is 34.7. The highest BCUT2D eigenvalue weighted by Gasteiger charge is 2.23. The highest BCUT2D eigenvalue weighted by Crippen LogP contribution is 2.33. The Kier molecular flexibility index (Phi) is 7.82. The molecule has 9 heteroatoms. The van der Waals surface area contributed by atoms with Gasteiger partial charge in [0, 0.05) is 32.5 Å². The van der Waals surface area contributed by atoms with Gasteiger partial charge in [0.2, 0.25) is 17.8 Å². The SMILES string of the molecule is CCC(=O)N1CCC[C@H](Nc2ncc(Cl)c(Nc3ccc(-c4ccccc4)cc3NC(C)=O)n2)C1. The molecule has 0 radical (unpaired) electrons. The third-order valence-corrected chi connectivity index (χ3v) is 6.12. The standard InChI is InChI=1S/C26H29ClN6O2/c1-3-24(35)33-13-7-10-20(16-33)30-26-28-15-21(27)25(32-26)31-22-12-11-19(14-23(22)29-17(2)34)18-8-5-4-6-9-18/h4-6,8-9,11-12,14-15,20H,3,7,10,13,16H2,1-2H3,(H,29,34)(H2,28,30,31,32)/t20-/m0/s1. The molecule has 35 heavy (non-hydrogen) atoms. The molecule has 1 aliphatic heterocycles. The van der Waals surface area contributed by atoms with Gasteiger partial charge in [-0.15, -0.1) is 0 Å². The van der Waals surface area contributed by atoms with E-state index in [1.807, 2.05) is 60.4 Å². The average molecular weight is 493 g/mol. The van der Waals surface area contributed by atoms with Crippen molar-refractivity contribution in [2.45, 2.75) is 39.2 Å². The Hall–Kier alpha value is -3.65. The highest BCUT2D eigenvalue weighted by molar-refractivity contribution is 6.33. The molecular weight excluding hydrogens is 464 g/mol. The zero-order valence-electron chi connectivity index (χ0n) is 19.8.